The Bertz CT molecular complexity index is 585. The lowest BCUT2D eigenvalue weighted by atomic mass is 10.2. The van der Waals surface area contributed by atoms with Crippen LogP contribution in [0.15, 0.2) is 42.6 Å². The van der Waals surface area contributed by atoms with Crippen LogP contribution in [0.4, 0.5) is 10.1 Å². The lowest BCUT2D eigenvalue weighted by Gasteiger charge is -2.07. The zero-order valence-corrected chi connectivity index (χ0v) is 11.1. The van der Waals surface area contributed by atoms with Crippen LogP contribution in [0.5, 0.6) is 5.75 Å². The molecule has 1 N–H and O–H groups in total. The minimum absolute atomic E-state index is 0.0844. The van der Waals surface area contributed by atoms with Crippen LogP contribution in [0, 0.1) is 5.95 Å². The Labute approximate surface area is 116 Å². The third-order valence-corrected chi connectivity index (χ3v) is 2.59. The molecule has 0 fully saturated rings. The van der Waals surface area contributed by atoms with Crippen LogP contribution in [0.2, 0.25) is 0 Å². The Morgan fingerprint density at radius 2 is 2.05 bits per heavy atom. The Kier molecular flexibility index (Phi) is 4.65. The van der Waals surface area contributed by atoms with Crippen molar-refractivity contribution >= 4 is 11.6 Å². The molecule has 2 rings (SSSR count). The van der Waals surface area contributed by atoms with Gasteiger partial charge in [-0.25, -0.2) is 4.98 Å². The molecule has 0 radical (unpaired) electrons. The fraction of sp³-hybridized carbons (Fsp3) is 0.200. The summed E-state index contributed by atoms with van der Waals surface area (Å²) in [5.74, 6) is -0.580. The van der Waals surface area contributed by atoms with Gasteiger partial charge >= 0.3 is 0 Å². The highest BCUT2D eigenvalue weighted by atomic mass is 19.1. The van der Waals surface area contributed by atoms with Crippen LogP contribution in [-0.4, -0.2) is 17.5 Å². The van der Waals surface area contributed by atoms with E-state index in [0.29, 0.717) is 12.3 Å². The average molecular weight is 274 g/mol. The molecule has 1 amide bonds. The van der Waals surface area contributed by atoms with Crippen LogP contribution in [-0.2, 0) is 0 Å². The second kappa shape index (κ2) is 6.65. The van der Waals surface area contributed by atoms with Crippen molar-refractivity contribution in [3.8, 4) is 5.75 Å². The maximum atomic E-state index is 13.4. The molecule has 1 aromatic heterocycles. The molecule has 0 unspecified atom stereocenters. The van der Waals surface area contributed by atoms with E-state index < -0.39 is 11.9 Å². The monoisotopic (exact) mass is 274 g/mol. The van der Waals surface area contributed by atoms with Crippen molar-refractivity contribution in [2.24, 2.45) is 0 Å². The predicted octanol–water partition coefficient (Wildman–Crippen LogP) is 3.26. The number of hydrogen-bond donors (Lipinski definition) is 1. The Morgan fingerprint density at radius 3 is 2.70 bits per heavy atom. The summed E-state index contributed by atoms with van der Waals surface area (Å²) in [5.41, 5.74) is 0.487. The van der Waals surface area contributed by atoms with Gasteiger partial charge in [-0.15, -0.1) is 0 Å². The zero-order valence-electron chi connectivity index (χ0n) is 11.1. The summed E-state index contributed by atoms with van der Waals surface area (Å²) in [5, 5.41) is 2.61. The molecular weight excluding hydrogens is 259 g/mol. The van der Waals surface area contributed by atoms with Crippen molar-refractivity contribution in [3.63, 3.8) is 0 Å². The molecule has 0 atom stereocenters. The van der Waals surface area contributed by atoms with Gasteiger partial charge in [0.15, 0.2) is 0 Å². The molecule has 2 aromatic rings. The number of nitrogens with zero attached hydrogens (tertiary/aromatic N) is 1. The normalized spacial score (nSPS) is 10.1. The van der Waals surface area contributed by atoms with Crippen molar-refractivity contribution in [2.75, 3.05) is 11.9 Å². The van der Waals surface area contributed by atoms with E-state index >= 15 is 0 Å². The van der Waals surface area contributed by atoms with Gasteiger partial charge in [-0.2, -0.15) is 4.39 Å². The second-order valence-corrected chi connectivity index (χ2v) is 4.17. The third-order valence-electron chi connectivity index (χ3n) is 2.59. The summed E-state index contributed by atoms with van der Waals surface area (Å²) in [7, 11) is 0. The summed E-state index contributed by atoms with van der Waals surface area (Å²) in [6, 6.07) is 9.82. The first-order valence-corrected chi connectivity index (χ1v) is 6.35. The van der Waals surface area contributed by atoms with Gasteiger partial charge in [0.2, 0.25) is 5.95 Å². The number of rotatable bonds is 5. The average Bonchev–Trinajstić information content (AvgIpc) is 2.47. The summed E-state index contributed by atoms with van der Waals surface area (Å²) < 4.78 is 18.8. The van der Waals surface area contributed by atoms with Crippen LogP contribution >= 0.6 is 0 Å². The van der Waals surface area contributed by atoms with Crippen molar-refractivity contribution in [1.82, 2.24) is 4.98 Å². The SMILES string of the molecule is CCCOc1ccc(NC(=O)c2cccnc2F)cc1. The fourth-order valence-corrected chi connectivity index (χ4v) is 1.61. The zero-order chi connectivity index (χ0) is 14.4. The smallest absolute Gasteiger partial charge is 0.260 e. The summed E-state index contributed by atoms with van der Waals surface area (Å²) >= 11 is 0. The molecule has 0 bridgehead atoms. The number of aromatic nitrogens is 1. The molecule has 0 aliphatic heterocycles. The van der Waals surface area contributed by atoms with E-state index in [1.165, 1.54) is 18.3 Å². The van der Waals surface area contributed by atoms with E-state index in [-0.39, 0.29) is 5.56 Å². The van der Waals surface area contributed by atoms with Crippen molar-refractivity contribution in [2.45, 2.75) is 13.3 Å². The third kappa shape index (κ3) is 3.54. The maximum Gasteiger partial charge on any atom is 0.260 e. The molecule has 0 aliphatic carbocycles. The predicted molar refractivity (Wildman–Crippen MR) is 74.4 cm³/mol. The maximum absolute atomic E-state index is 13.4. The quantitative estimate of drug-likeness (QED) is 0.851. The van der Waals surface area contributed by atoms with Gasteiger partial charge in [0, 0.05) is 11.9 Å². The first-order chi connectivity index (χ1) is 9.70. The molecule has 104 valence electrons. The van der Waals surface area contributed by atoms with Crippen LogP contribution in [0.25, 0.3) is 0 Å². The standard InChI is InChI=1S/C15H15FN2O2/c1-2-10-20-12-7-5-11(6-8-12)18-15(19)13-4-3-9-17-14(13)16/h3-9H,2,10H2,1H3,(H,18,19). The molecule has 5 heteroatoms. The van der Waals surface area contributed by atoms with Crippen molar-refractivity contribution < 1.29 is 13.9 Å². The van der Waals surface area contributed by atoms with Gasteiger partial charge in [-0.1, -0.05) is 6.92 Å². The lowest BCUT2D eigenvalue weighted by Crippen LogP contribution is -2.14. The highest BCUT2D eigenvalue weighted by Crippen LogP contribution is 2.17. The molecular formula is C15H15FN2O2. The van der Waals surface area contributed by atoms with Crippen LogP contribution in [0.1, 0.15) is 23.7 Å². The molecule has 0 spiro atoms. The van der Waals surface area contributed by atoms with Crippen LogP contribution < -0.4 is 10.1 Å². The van der Waals surface area contributed by atoms with E-state index in [2.05, 4.69) is 10.3 Å². The Balaban J connectivity index is 2.03. The van der Waals surface area contributed by atoms with E-state index in [4.69, 9.17) is 4.74 Å². The first kappa shape index (κ1) is 14.0. The first-order valence-electron chi connectivity index (χ1n) is 6.35. The molecule has 4 nitrogen and oxygen atoms in total. The minimum atomic E-state index is -0.784. The summed E-state index contributed by atoms with van der Waals surface area (Å²) in [6.07, 6.45) is 2.23. The molecule has 20 heavy (non-hydrogen) atoms. The van der Waals surface area contributed by atoms with Gasteiger partial charge in [0.25, 0.3) is 5.91 Å². The molecule has 1 aromatic carbocycles. The van der Waals surface area contributed by atoms with Gasteiger partial charge in [-0.3, -0.25) is 4.79 Å². The molecule has 0 aliphatic rings. The van der Waals surface area contributed by atoms with Gasteiger partial charge in [0.05, 0.1) is 12.2 Å². The summed E-state index contributed by atoms with van der Waals surface area (Å²) in [4.78, 5) is 15.3. The van der Waals surface area contributed by atoms with E-state index in [1.54, 1.807) is 24.3 Å². The van der Waals surface area contributed by atoms with E-state index in [0.717, 1.165) is 12.2 Å². The largest absolute Gasteiger partial charge is 0.494 e. The lowest BCUT2D eigenvalue weighted by molar-refractivity contribution is 0.102. The Hall–Kier alpha value is -2.43. The summed E-state index contributed by atoms with van der Waals surface area (Å²) in [6.45, 7) is 2.67. The number of pyridine rings is 1. The Morgan fingerprint density at radius 1 is 1.30 bits per heavy atom. The number of halogens is 1. The van der Waals surface area contributed by atoms with Crippen molar-refractivity contribution in [3.05, 3.63) is 54.1 Å². The highest BCUT2D eigenvalue weighted by molar-refractivity contribution is 6.04. The topological polar surface area (TPSA) is 51.2 Å². The number of carbonyl (C=O) groups is 1. The van der Waals surface area contributed by atoms with E-state index in [1.807, 2.05) is 6.92 Å². The highest BCUT2D eigenvalue weighted by Gasteiger charge is 2.11. The number of anilines is 1. The number of carbonyl (C=O) groups excluding carboxylic acids is 1. The molecule has 1 heterocycles. The molecule has 0 saturated carbocycles. The number of nitrogens with one attached hydrogen (secondary N) is 1. The van der Waals surface area contributed by atoms with Gasteiger partial charge in [0.1, 0.15) is 5.75 Å². The van der Waals surface area contributed by atoms with Gasteiger partial charge < -0.3 is 10.1 Å². The number of hydrogen-bond acceptors (Lipinski definition) is 3. The number of amides is 1. The number of benzene rings is 1. The van der Waals surface area contributed by atoms with Gasteiger partial charge in [-0.05, 0) is 42.8 Å². The van der Waals surface area contributed by atoms with Crippen LogP contribution in [0.3, 0.4) is 0 Å². The minimum Gasteiger partial charge on any atom is -0.494 e. The fourth-order valence-electron chi connectivity index (χ4n) is 1.61. The second-order valence-electron chi connectivity index (χ2n) is 4.17. The van der Waals surface area contributed by atoms with E-state index in [9.17, 15) is 9.18 Å². The van der Waals surface area contributed by atoms with Crippen molar-refractivity contribution in [1.29, 1.82) is 0 Å². The number of ether oxygens (including phenoxy) is 1. The molecule has 0 saturated heterocycles.